The largest absolute Gasteiger partial charge is 0.495 e. The standard InChI is InChI=1S/C16H21N3O5S/c1-5-12-15(16(24-19-12)18-10(3)20)11-7-8-13(23-4)14(9-11)25(21,22)17-6-2/h7-9,17H,5-6H2,1-4H3,(H,18,20). The molecule has 1 amide bonds. The van der Waals surface area contributed by atoms with Crippen LogP contribution in [0.3, 0.4) is 0 Å². The number of amides is 1. The van der Waals surface area contributed by atoms with Gasteiger partial charge in [-0.15, -0.1) is 0 Å². The van der Waals surface area contributed by atoms with Crippen molar-refractivity contribution in [3.63, 3.8) is 0 Å². The molecule has 0 aliphatic heterocycles. The van der Waals surface area contributed by atoms with E-state index in [1.165, 1.54) is 20.1 Å². The molecule has 136 valence electrons. The second kappa shape index (κ2) is 7.66. The molecule has 8 nitrogen and oxygen atoms in total. The van der Waals surface area contributed by atoms with Crippen LogP contribution in [0.1, 0.15) is 26.5 Å². The second-order valence-corrected chi connectivity index (χ2v) is 6.97. The summed E-state index contributed by atoms with van der Waals surface area (Å²) in [6.07, 6.45) is 0.555. The van der Waals surface area contributed by atoms with E-state index in [4.69, 9.17) is 9.26 Å². The van der Waals surface area contributed by atoms with Gasteiger partial charge in [0.05, 0.1) is 18.4 Å². The predicted octanol–water partition coefficient (Wildman–Crippen LogP) is 2.17. The van der Waals surface area contributed by atoms with Crippen molar-refractivity contribution in [2.24, 2.45) is 0 Å². The van der Waals surface area contributed by atoms with E-state index in [1.54, 1.807) is 19.1 Å². The Labute approximate surface area is 146 Å². The van der Waals surface area contributed by atoms with Gasteiger partial charge in [0.15, 0.2) is 0 Å². The minimum Gasteiger partial charge on any atom is -0.495 e. The van der Waals surface area contributed by atoms with Gasteiger partial charge in [-0.2, -0.15) is 0 Å². The number of sulfonamides is 1. The molecule has 0 saturated carbocycles. The fraction of sp³-hybridized carbons (Fsp3) is 0.375. The normalized spacial score (nSPS) is 11.4. The Morgan fingerprint density at radius 1 is 1.32 bits per heavy atom. The summed E-state index contributed by atoms with van der Waals surface area (Å²) in [6, 6.07) is 4.73. The maximum Gasteiger partial charge on any atom is 0.244 e. The highest BCUT2D eigenvalue weighted by molar-refractivity contribution is 7.89. The van der Waals surface area contributed by atoms with E-state index in [-0.39, 0.29) is 29.0 Å². The lowest BCUT2D eigenvalue weighted by Crippen LogP contribution is -2.23. The summed E-state index contributed by atoms with van der Waals surface area (Å²) in [5.74, 6) is 0.0932. The topological polar surface area (TPSA) is 111 Å². The summed E-state index contributed by atoms with van der Waals surface area (Å²) in [6.45, 7) is 5.18. The Bertz CT molecular complexity index is 874. The first kappa shape index (κ1) is 18.9. The zero-order valence-corrected chi connectivity index (χ0v) is 15.4. The van der Waals surface area contributed by atoms with Crippen LogP contribution in [-0.2, 0) is 21.2 Å². The van der Waals surface area contributed by atoms with Crippen LogP contribution < -0.4 is 14.8 Å². The lowest BCUT2D eigenvalue weighted by atomic mass is 10.0. The smallest absolute Gasteiger partial charge is 0.244 e. The first-order valence-corrected chi connectivity index (χ1v) is 9.26. The highest BCUT2D eigenvalue weighted by atomic mass is 32.2. The number of methoxy groups -OCH3 is 1. The molecule has 0 spiro atoms. The van der Waals surface area contributed by atoms with Gasteiger partial charge in [0.2, 0.25) is 21.8 Å². The van der Waals surface area contributed by atoms with Crippen LogP contribution in [0.2, 0.25) is 0 Å². The second-order valence-electron chi connectivity index (χ2n) is 5.24. The zero-order chi connectivity index (χ0) is 18.6. The Hall–Kier alpha value is -2.39. The van der Waals surface area contributed by atoms with Crippen LogP contribution in [0.15, 0.2) is 27.6 Å². The molecule has 1 aromatic heterocycles. The highest BCUT2D eigenvalue weighted by Crippen LogP contribution is 2.36. The maximum atomic E-state index is 12.5. The van der Waals surface area contributed by atoms with E-state index < -0.39 is 10.0 Å². The van der Waals surface area contributed by atoms with Crippen molar-refractivity contribution in [3.8, 4) is 16.9 Å². The number of aryl methyl sites for hydroxylation is 1. The first-order valence-electron chi connectivity index (χ1n) is 7.78. The molecule has 0 fully saturated rings. The maximum absolute atomic E-state index is 12.5. The van der Waals surface area contributed by atoms with Gasteiger partial charge in [0.25, 0.3) is 0 Å². The lowest BCUT2D eigenvalue weighted by Gasteiger charge is -2.12. The molecule has 0 unspecified atom stereocenters. The molecular weight excluding hydrogens is 346 g/mol. The van der Waals surface area contributed by atoms with Gasteiger partial charge in [-0.25, -0.2) is 13.1 Å². The van der Waals surface area contributed by atoms with Crippen LogP contribution >= 0.6 is 0 Å². The van der Waals surface area contributed by atoms with Gasteiger partial charge in [-0.3, -0.25) is 10.1 Å². The van der Waals surface area contributed by atoms with Crippen LogP contribution in [-0.4, -0.2) is 33.1 Å². The van der Waals surface area contributed by atoms with Crippen molar-refractivity contribution in [2.45, 2.75) is 32.1 Å². The van der Waals surface area contributed by atoms with E-state index in [1.807, 2.05) is 6.92 Å². The van der Waals surface area contributed by atoms with Gasteiger partial charge in [-0.05, 0) is 24.1 Å². The van der Waals surface area contributed by atoms with Gasteiger partial charge in [0.1, 0.15) is 10.6 Å². The van der Waals surface area contributed by atoms with Gasteiger partial charge >= 0.3 is 0 Å². The summed E-state index contributed by atoms with van der Waals surface area (Å²) >= 11 is 0. The molecule has 0 aliphatic rings. The van der Waals surface area contributed by atoms with Gasteiger partial charge < -0.3 is 9.26 Å². The average Bonchev–Trinajstić information content (AvgIpc) is 2.96. The molecule has 25 heavy (non-hydrogen) atoms. The van der Waals surface area contributed by atoms with Crippen molar-refractivity contribution in [1.29, 1.82) is 0 Å². The number of rotatable bonds is 7. The molecule has 9 heteroatoms. The van der Waals surface area contributed by atoms with Crippen molar-refractivity contribution in [3.05, 3.63) is 23.9 Å². The minimum absolute atomic E-state index is 0.00591. The van der Waals surface area contributed by atoms with Crippen molar-refractivity contribution in [1.82, 2.24) is 9.88 Å². The minimum atomic E-state index is -3.74. The molecule has 1 heterocycles. The van der Waals surface area contributed by atoms with Crippen LogP contribution in [0, 0.1) is 0 Å². The lowest BCUT2D eigenvalue weighted by molar-refractivity contribution is -0.114. The molecule has 0 bridgehead atoms. The summed E-state index contributed by atoms with van der Waals surface area (Å²) < 4.78 is 37.7. The zero-order valence-electron chi connectivity index (χ0n) is 14.5. The monoisotopic (exact) mass is 367 g/mol. The molecule has 2 N–H and O–H groups in total. The SMILES string of the molecule is CCNS(=O)(=O)c1cc(-c2c(CC)noc2NC(C)=O)ccc1OC. The van der Waals surface area contributed by atoms with Crippen LogP contribution in [0.25, 0.3) is 11.1 Å². The number of nitrogens with one attached hydrogen (secondary N) is 2. The van der Waals surface area contributed by atoms with E-state index in [9.17, 15) is 13.2 Å². The highest BCUT2D eigenvalue weighted by Gasteiger charge is 2.23. The summed E-state index contributed by atoms with van der Waals surface area (Å²) in [4.78, 5) is 11.4. The van der Waals surface area contributed by atoms with Gasteiger partial charge in [-0.1, -0.05) is 25.1 Å². The van der Waals surface area contributed by atoms with Crippen molar-refractivity contribution >= 4 is 21.8 Å². The van der Waals surface area contributed by atoms with E-state index >= 15 is 0 Å². The molecule has 1 aromatic carbocycles. The number of benzene rings is 1. The van der Waals surface area contributed by atoms with Crippen LogP contribution in [0.5, 0.6) is 5.75 Å². The molecule has 2 aromatic rings. The van der Waals surface area contributed by atoms with Crippen LogP contribution in [0.4, 0.5) is 5.88 Å². The number of nitrogens with zero attached hydrogens (tertiary/aromatic N) is 1. The van der Waals surface area contributed by atoms with E-state index in [2.05, 4.69) is 15.2 Å². The number of carbonyl (C=O) groups excluding carboxylic acids is 1. The Morgan fingerprint density at radius 2 is 2.04 bits per heavy atom. The third-order valence-electron chi connectivity index (χ3n) is 3.46. The molecule has 0 saturated heterocycles. The summed E-state index contributed by atoms with van der Waals surface area (Å²) in [5, 5.41) is 6.52. The third kappa shape index (κ3) is 3.99. The third-order valence-corrected chi connectivity index (χ3v) is 5.03. The van der Waals surface area contributed by atoms with Crippen molar-refractivity contribution in [2.75, 3.05) is 19.0 Å². The van der Waals surface area contributed by atoms with Gasteiger partial charge in [0, 0.05) is 13.5 Å². The Morgan fingerprint density at radius 3 is 2.60 bits per heavy atom. The number of carbonyl (C=O) groups is 1. The number of aromatic nitrogens is 1. The first-order chi connectivity index (χ1) is 11.8. The summed E-state index contributed by atoms with van der Waals surface area (Å²) in [5.41, 5.74) is 1.72. The van der Waals surface area contributed by atoms with E-state index in [0.717, 1.165) is 0 Å². The fourth-order valence-electron chi connectivity index (χ4n) is 2.42. The predicted molar refractivity (Wildman–Crippen MR) is 93.0 cm³/mol. The number of anilines is 1. The fourth-order valence-corrected chi connectivity index (χ4v) is 3.65. The van der Waals surface area contributed by atoms with E-state index in [0.29, 0.717) is 23.2 Å². The Balaban J connectivity index is 2.65. The number of hydrogen-bond donors (Lipinski definition) is 2. The molecular formula is C16H21N3O5S. The summed E-state index contributed by atoms with van der Waals surface area (Å²) in [7, 11) is -2.33. The number of ether oxygens (including phenoxy) is 1. The Kier molecular flexibility index (Phi) is 5.81. The molecule has 0 atom stereocenters. The molecule has 0 aliphatic carbocycles. The average molecular weight is 367 g/mol. The molecule has 0 radical (unpaired) electrons. The van der Waals surface area contributed by atoms with Crippen molar-refractivity contribution < 1.29 is 22.5 Å². The number of hydrogen-bond acceptors (Lipinski definition) is 6. The molecule has 2 rings (SSSR count). The quantitative estimate of drug-likeness (QED) is 0.776.